The van der Waals surface area contributed by atoms with Crippen molar-refractivity contribution in [3.8, 4) is 0 Å². The molecule has 0 bridgehead atoms. The number of halogens is 8. The lowest BCUT2D eigenvalue weighted by Crippen LogP contribution is -2.63. The molecule has 2 saturated heterocycles. The van der Waals surface area contributed by atoms with Crippen molar-refractivity contribution in [3.63, 3.8) is 0 Å². The summed E-state index contributed by atoms with van der Waals surface area (Å²) >= 11 is 0. The second-order valence-electron chi connectivity index (χ2n) is 8.98. The molecule has 7 nitrogen and oxygen atoms in total. The molecule has 0 aromatic heterocycles. The Labute approximate surface area is 215 Å². The van der Waals surface area contributed by atoms with Crippen LogP contribution in [0.3, 0.4) is 0 Å². The quantitative estimate of drug-likeness (QED) is 0.302. The lowest BCUT2D eigenvalue weighted by Gasteiger charge is -2.42. The molecule has 2 aliphatic heterocycles. The summed E-state index contributed by atoms with van der Waals surface area (Å²) in [6.45, 7) is -3.35. The third kappa shape index (κ3) is 5.26. The summed E-state index contributed by atoms with van der Waals surface area (Å²) in [7, 11) is 0. The second kappa shape index (κ2) is 10.8. The fourth-order valence-corrected chi connectivity index (χ4v) is 4.45. The van der Waals surface area contributed by atoms with Gasteiger partial charge in [0.05, 0.1) is 4.92 Å². The fraction of sp³-hybridized carbons (Fsp3) is 0.417. The van der Waals surface area contributed by atoms with Gasteiger partial charge in [0.2, 0.25) is 11.8 Å². The van der Waals surface area contributed by atoms with Crippen LogP contribution in [0.2, 0.25) is 0 Å². The molecule has 2 fully saturated rings. The van der Waals surface area contributed by atoms with E-state index in [9.17, 15) is 54.8 Å². The molecule has 2 amide bonds. The molecule has 0 spiro atoms. The second-order valence-corrected chi connectivity index (χ2v) is 8.98. The van der Waals surface area contributed by atoms with Crippen LogP contribution in [0, 0.1) is 21.7 Å². The van der Waals surface area contributed by atoms with E-state index in [2.05, 4.69) is 0 Å². The van der Waals surface area contributed by atoms with Gasteiger partial charge in [-0.1, -0.05) is 18.2 Å². The number of nitro groups is 1. The number of benzene rings is 2. The molecule has 2 aromatic rings. The molecule has 2 N–H and O–H groups in total. The van der Waals surface area contributed by atoms with Crippen LogP contribution in [0.5, 0.6) is 0 Å². The Bertz CT molecular complexity index is 1280. The van der Waals surface area contributed by atoms with E-state index in [-0.39, 0.29) is 0 Å². The van der Waals surface area contributed by atoms with Crippen LogP contribution in [0.15, 0.2) is 42.5 Å². The Morgan fingerprint density at radius 2 is 1.23 bits per heavy atom. The third-order valence-electron chi connectivity index (χ3n) is 6.64. The summed E-state index contributed by atoms with van der Waals surface area (Å²) in [5, 5.41) is 14.4. The van der Waals surface area contributed by atoms with Gasteiger partial charge in [-0.2, -0.15) is 0 Å². The number of nitro benzene ring substituents is 1. The zero-order valence-corrected chi connectivity index (χ0v) is 19.9. The largest absolute Gasteiger partial charge is 0.339 e. The van der Waals surface area contributed by atoms with Gasteiger partial charge in [0.15, 0.2) is 11.1 Å². The summed E-state index contributed by atoms with van der Waals surface area (Å²) in [6.07, 6.45) is -2.70. The number of amides is 2. The highest BCUT2D eigenvalue weighted by Crippen LogP contribution is 2.46. The van der Waals surface area contributed by atoms with Crippen LogP contribution in [0.25, 0.3) is 0 Å². The smallest absolute Gasteiger partial charge is 0.278 e. The van der Waals surface area contributed by atoms with Crippen LogP contribution < -0.4 is 10.6 Å². The van der Waals surface area contributed by atoms with Gasteiger partial charge in [0.25, 0.3) is 17.5 Å². The summed E-state index contributed by atoms with van der Waals surface area (Å²) in [5.74, 6) is -11.1. The Morgan fingerprint density at radius 1 is 0.769 bits per heavy atom. The number of carbonyl (C=O) groups is 2. The SMILES string of the molecule is O=C1CCC(F)(F)[C@@](CF)(c2cc([N+](=O)[O-])ccc2F)N1.O=C1CCC(F)(F)[C@@](CF)(c2ccccc2F)N1. The summed E-state index contributed by atoms with van der Waals surface area (Å²) in [6, 6.07) is 6.56. The number of carbonyl (C=O) groups excluding carboxylic acids is 2. The number of piperidine rings is 2. The molecule has 2 heterocycles. The van der Waals surface area contributed by atoms with Gasteiger partial charge in [-0.25, -0.2) is 35.1 Å². The van der Waals surface area contributed by atoms with Crippen molar-refractivity contribution < 1.29 is 49.6 Å². The molecule has 0 saturated carbocycles. The number of hydrogen-bond acceptors (Lipinski definition) is 4. The maximum Gasteiger partial charge on any atom is 0.278 e. The average molecular weight is 567 g/mol. The van der Waals surface area contributed by atoms with E-state index in [1.165, 1.54) is 12.1 Å². The van der Waals surface area contributed by atoms with Crippen molar-refractivity contribution in [2.75, 3.05) is 13.3 Å². The van der Waals surface area contributed by atoms with E-state index in [0.29, 0.717) is 12.1 Å². The van der Waals surface area contributed by atoms with E-state index in [1.807, 2.05) is 5.32 Å². The van der Waals surface area contributed by atoms with E-state index in [1.54, 1.807) is 5.32 Å². The number of nitrogens with one attached hydrogen (secondary N) is 2. The zero-order chi connectivity index (χ0) is 29.2. The van der Waals surface area contributed by atoms with Crippen molar-refractivity contribution in [1.29, 1.82) is 0 Å². The molecule has 2 aromatic carbocycles. The van der Waals surface area contributed by atoms with Gasteiger partial charge in [-0.3, -0.25) is 19.7 Å². The highest BCUT2D eigenvalue weighted by molar-refractivity contribution is 5.79. The van der Waals surface area contributed by atoms with E-state index in [0.717, 1.165) is 18.2 Å². The zero-order valence-electron chi connectivity index (χ0n) is 19.9. The molecule has 212 valence electrons. The normalized spacial score (nSPS) is 25.5. The lowest BCUT2D eigenvalue weighted by molar-refractivity contribution is -0.385. The Kier molecular flexibility index (Phi) is 8.22. The first kappa shape index (κ1) is 29.8. The third-order valence-corrected chi connectivity index (χ3v) is 6.64. The number of rotatable bonds is 5. The standard InChI is InChI=1S/C12H10F4N2O3.C12H11F4NO/c13-6-11(12(15,16)4-3-10(19)17-11)8-5-7(18(20)21)1-2-9(8)14;13-7-11(8-3-1-2-4-9(8)14)12(15,16)6-5-10(18)17-11/h1-2,5H,3-4,6H2,(H,17,19);1-4H,5-7H2,(H,17,18)/t2*11-/m11/s1. The Morgan fingerprint density at radius 3 is 1.69 bits per heavy atom. The van der Waals surface area contributed by atoms with Gasteiger partial charge in [-0.15, -0.1) is 0 Å². The first-order valence-corrected chi connectivity index (χ1v) is 11.4. The fourth-order valence-electron chi connectivity index (χ4n) is 4.45. The molecule has 0 aliphatic carbocycles. The molecular weight excluding hydrogens is 546 g/mol. The van der Waals surface area contributed by atoms with E-state index >= 15 is 0 Å². The lowest BCUT2D eigenvalue weighted by atomic mass is 9.79. The monoisotopic (exact) mass is 567 g/mol. The van der Waals surface area contributed by atoms with Crippen molar-refractivity contribution in [2.24, 2.45) is 0 Å². The van der Waals surface area contributed by atoms with Gasteiger partial charge in [0.1, 0.15) is 25.0 Å². The molecule has 39 heavy (non-hydrogen) atoms. The predicted octanol–water partition coefficient (Wildman–Crippen LogP) is 4.98. The van der Waals surface area contributed by atoms with Gasteiger partial charge >= 0.3 is 0 Å². The molecule has 15 heteroatoms. The maximum atomic E-state index is 14.1. The minimum absolute atomic E-state index is 0.400. The number of non-ortho nitro benzene ring substituents is 1. The van der Waals surface area contributed by atoms with E-state index < -0.39 is 107 Å². The Balaban J connectivity index is 0.000000218. The van der Waals surface area contributed by atoms with Crippen LogP contribution in [-0.2, 0) is 20.7 Å². The van der Waals surface area contributed by atoms with Crippen molar-refractivity contribution in [3.05, 3.63) is 75.3 Å². The van der Waals surface area contributed by atoms with Gasteiger partial charge in [-0.05, 0) is 12.1 Å². The predicted molar refractivity (Wildman–Crippen MR) is 119 cm³/mol. The number of nitrogens with zero attached hydrogens (tertiary/aromatic N) is 1. The average Bonchev–Trinajstić information content (AvgIpc) is 2.88. The molecular formula is C24H21F8N3O4. The van der Waals surface area contributed by atoms with Crippen LogP contribution in [-0.4, -0.2) is 41.9 Å². The first-order valence-electron chi connectivity index (χ1n) is 11.4. The number of alkyl halides is 6. The molecule has 0 unspecified atom stereocenters. The highest BCUT2D eigenvalue weighted by Gasteiger charge is 2.60. The Hall–Kier alpha value is -3.78. The van der Waals surface area contributed by atoms with Gasteiger partial charge in [0, 0.05) is 48.9 Å². The minimum atomic E-state index is -3.77. The van der Waals surface area contributed by atoms with Crippen LogP contribution in [0.1, 0.15) is 36.8 Å². The summed E-state index contributed by atoms with van der Waals surface area (Å²) in [5.41, 5.74) is -7.66. The number of hydrogen-bond donors (Lipinski definition) is 2. The summed E-state index contributed by atoms with van der Waals surface area (Å²) in [4.78, 5) is 32.4. The maximum absolute atomic E-state index is 14.1. The van der Waals surface area contributed by atoms with Gasteiger partial charge < -0.3 is 10.6 Å². The first-order chi connectivity index (χ1) is 18.2. The molecule has 0 radical (unpaired) electrons. The topological polar surface area (TPSA) is 101 Å². The van der Waals surface area contributed by atoms with Crippen molar-refractivity contribution in [2.45, 2.75) is 48.6 Å². The summed E-state index contributed by atoms with van der Waals surface area (Å²) < 4.78 is 110. The van der Waals surface area contributed by atoms with Crippen LogP contribution in [0.4, 0.5) is 40.8 Å². The highest BCUT2D eigenvalue weighted by atomic mass is 19.3. The minimum Gasteiger partial charge on any atom is -0.339 e. The molecule has 4 rings (SSSR count). The molecule has 2 aliphatic rings. The van der Waals surface area contributed by atoms with E-state index in [4.69, 9.17) is 0 Å². The van der Waals surface area contributed by atoms with Crippen LogP contribution >= 0.6 is 0 Å². The van der Waals surface area contributed by atoms with Crippen molar-refractivity contribution >= 4 is 17.5 Å². The van der Waals surface area contributed by atoms with Crippen molar-refractivity contribution in [1.82, 2.24) is 10.6 Å². The molecule has 2 atom stereocenters.